The average molecular weight is 627 g/mol. The number of rotatable bonds is 8. The Labute approximate surface area is 250 Å². The monoisotopic (exact) mass is 626 g/mol. The molecular weight excluding hydrogens is 589 g/mol. The van der Waals surface area contributed by atoms with Crippen LogP contribution in [-0.2, 0) is 21.2 Å². The minimum absolute atomic E-state index is 0.105. The number of piperazine rings is 1. The standard InChI is InChI=1S/C30H38ClF3N4O3S/c31-21-8-6-19(7-9-21)27(20-12-14-30(33,34)15-13-20)28(35)29(39)37-26-5-1-4-25(32)24(26)11-10-23-17-36-22-3-2-16-42(40,41)38(23)18-22/h1,4-9,20,22-23,27-28,36H,2-3,10-18,35H2,(H,37,39). The number of hydrogen-bond donors (Lipinski definition) is 3. The van der Waals surface area contributed by atoms with Gasteiger partial charge in [0.1, 0.15) is 5.82 Å². The second kappa shape index (κ2) is 12.8. The normalized spacial score (nSPS) is 27.0. The lowest BCUT2D eigenvalue weighted by molar-refractivity contribution is -0.118. The molecule has 7 nitrogen and oxygen atoms in total. The molecule has 12 heteroatoms. The summed E-state index contributed by atoms with van der Waals surface area (Å²) in [6.45, 7) is 0.885. The summed E-state index contributed by atoms with van der Waals surface area (Å²) in [5.74, 6) is -4.46. The van der Waals surface area contributed by atoms with Crippen LogP contribution in [0.2, 0.25) is 5.02 Å². The molecule has 1 amide bonds. The third-order valence-electron chi connectivity index (χ3n) is 9.08. The summed E-state index contributed by atoms with van der Waals surface area (Å²) in [6, 6.07) is 10.0. The number of halogens is 4. The van der Waals surface area contributed by atoms with Crippen molar-refractivity contribution in [3.05, 3.63) is 64.4 Å². The SMILES string of the molecule is NC(C(=O)Nc1cccc(F)c1CCC1CNC2CCCS(=O)(=O)N1C2)C(c1ccc(Cl)cc1)C1CCC(F)(F)CC1. The first-order chi connectivity index (χ1) is 19.9. The van der Waals surface area contributed by atoms with E-state index in [0.29, 0.717) is 31.0 Å². The smallest absolute Gasteiger partial charge is 0.248 e. The molecule has 2 bridgehead atoms. The van der Waals surface area contributed by atoms with Gasteiger partial charge in [0, 0.05) is 60.2 Å². The molecule has 0 radical (unpaired) electrons. The van der Waals surface area contributed by atoms with E-state index in [1.54, 1.807) is 34.6 Å². The van der Waals surface area contributed by atoms with E-state index < -0.39 is 39.6 Å². The highest BCUT2D eigenvalue weighted by atomic mass is 35.5. The van der Waals surface area contributed by atoms with Crippen LogP contribution in [-0.4, -0.2) is 61.5 Å². The number of alkyl halides is 2. The Kier molecular flexibility index (Phi) is 9.54. The molecule has 2 aliphatic heterocycles. The summed E-state index contributed by atoms with van der Waals surface area (Å²) in [6.07, 6.45) is 1.89. The van der Waals surface area contributed by atoms with E-state index in [0.717, 1.165) is 12.0 Å². The molecule has 1 saturated carbocycles. The van der Waals surface area contributed by atoms with Crippen LogP contribution < -0.4 is 16.4 Å². The van der Waals surface area contributed by atoms with Crippen LogP contribution in [0.3, 0.4) is 0 Å². The fourth-order valence-electron chi connectivity index (χ4n) is 6.74. The first-order valence-electron chi connectivity index (χ1n) is 14.6. The molecule has 2 saturated heterocycles. The highest BCUT2D eigenvalue weighted by molar-refractivity contribution is 7.89. The number of sulfonamides is 1. The maximum absolute atomic E-state index is 15.1. The highest BCUT2D eigenvalue weighted by Crippen LogP contribution is 2.43. The maximum atomic E-state index is 15.1. The average Bonchev–Trinajstić information content (AvgIpc) is 3.06. The number of nitrogens with zero attached hydrogens (tertiary/aromatic N) is 1. The molecule has 0 aromatic heterocycles. The van der Waals surface area contributed by atoms with Gasteiger partial charge in [-0.2, -0.15) is 4.31 Å². The molecule has 2 heterocycles. The van der Waals surface area contributed by atoms with Crippen LogP contribution in [0.5, 0.6) is 0 Å². The zero-order chi connectivity index (χ0) is 30.1. The number of carbonyl (C=O) groups is 1. The van der Waals surface area contributed by atoms with Crippen molar-refractivity contribution in [2.24, 2.45) is 11.7 Å². The Balaban J connectivity index is 1.33. The number of nitrogens with one attached hydrogen (secondary N) is 2. The summed E-state index contributed by atoms with van der Waals surface area (Å²) in [7, 11) is -3.39. The van der Waals surface area contributed by atoms with Crippen molar-refractivity contribution in [3.63, 3.8) is 0 Å². The van der Waals surface area contributed by atoms with Gasteiger partial charge >= 0.3 is 0 Å². The fourth-order valence-corrected chi connectivity index (χ4v) is 8.68. The number of anilines is 1. The van der Waals surface area contributed by atoms with Crippen molar-refractivity contribution in [2.45, 2.75) is 81.3 Å². The van der Waals surface area contributed by atoms with E-state index in [1.807, 2.05) is 0 Å². The van der Waals surface area contributed by atoms with E-state index in [1.165, 1.54) is 12.1 Å². The quantitative estimate of drug-likeness (QED) is 0.380. The first-order valence-corrected chi connectivity index (χ1v) is 16.6. The van der Waals surface area contributed by atoms with Gasteiger partial charge < -0.3 is 16.4 Å². The summed E-state index contributed by atoms with van der Waals surface area (Å²) in [5.41, 5.74) is 7.82. The first kappa shape index (κ1) is 31.3. The van der Waals surface area contributed by atoms with Gasteiger partial charge in [-0.05, 0) is 74.3 Å². The van der Waals surface area contributed by atoms with E-state index in [2.05, 4.69) is 10.6 Å². The van der Waals surface area contributed by atoms with Crippen LogP contribution in [0, 0.1) is 11.7 Å². The lowest BCUT2D eigenvalue weighted by Gasteiger charge is -2.37. The van der Waals surface area contributed by atoms with Crippen molar-refractivity contribution in [2.75, 3.05) is 24.2 Å². The topological polar surface area (TPSA) is 105 Å². The van der Waals surface area contributed by atoms with Gasteiger partial charge in [0.25, 0.3) is 0 Å². The summed E-state index contributed by atoms with van der Waals surface area (Å²) in [4.78, 5) is 13.6. The van der Waals surface area contributed by atoms with Gasteiger partial charge in [-0.15, -0.1) is 0 Å². The molecular formula is C30H38ClF3N4O3S. The van der Waals surface area contributed by atoms with E-state index in [4.69, 9.17) is 17.3 Å². The number of benzene rings is 2. The molecule has 230 valence electrons. The minimum Gasteiger partial charge on any atom is -0.324 e. The van der Waals surface area contributed by atoms with Gasteiger partial charge in [-0.25, -0.2) is 21.6 Å². The van der Waals surface area contributed by atoms with Crippen LogP contribution in [0.25, 0.3) is 0 Å². The third-order valence-corrected chi connectivity index (χ3v) is 11.3. The van der Waals surface area contributed by atoms with Gasteiger partial charge in [0.2, 0.25) is 21.9 Å². The zero-order valence-corrected chi connectivity index (χ0v) is 24.9. The van der Waals surface area contributed by atoms with Gasteiger partial charge in [-0.1, -0.05) is 29.8 Å². The number of carbonyl (C=O) groups excluding carboxylic acids is 1. The van der Waals surface area contributed by atoms with Crippen molar-refractivity contribution in [1.82, 2.24) is 9.62 Å². The molecule has 5 unspecified atom stereocenters. The molecule has 3 aliphatic rings. The molecule has 4 N–H and O–H groups in total. The Morgan fingerprint density at radius 2 is 1.86 bits per heavy atom. The van der Waals surface area contributed by atoms with Crippen LogP contribution in [0.15, 0.2) is 42.5 Å². The summed E-state index contributed by atoms with van der Waals surface area (Å²) >= 11 is 6.07. The second-order valence-electron chi connectivity index (χ2n) is 11.9. The second-order valence-corrected chi connectivity index (χ2v) is 14.4. The molecule has 0 spiro atoms. The van der Waals surface area contributed by atoms with Gasteiger partial charge in [0.05, 0.1) is 11.8 Å². The third kappa shape index (κ3) is 7.13. The predicted molar refractivity (Wildman–Crippen MR) is 158 cm³/mol. The molecule has 2 aromatic carbocycles. The number of nitrogens with two attached hydrogens (primary N) is 1. The number of amides is 1. The Bertz CT molecular complexity index is 1370. The van der Waals surface area contributed by atoms with E-state index in [9.17, 15) is 22.0 Å². The van der Waals surface area contributed by atoms with Crippen molar-refractivity contribution in [1.29, 1.82) is 0 Å². The lowest BCUT2D eigenvalue weighted by atomic mass is 9.72. The fraction of sp³-hybridized carbons (Fsp3) is 0.567. The number of fused-ring (bicyclic) bond motifs is 2. The Morgan fingerprint density at radius 1 is 1.14 bits per heavy atom. The minimum atomic E-state index is -3.39. The largest absolute Gasteiger partial charge is 0.324 e. The molecule has 42 heavy (non-hydrogen) atoms. The van der Waals surface area contributed by atoms with E-state index >= 15 is 4.39 Å². The van der Waals surface area contributed by atoms with Gasteiger partial charge in [-0.3, -0.25) is 4.79 Å². The molecule has 1 aliphatic carbocycles. The summed E-state index contributed by atoms with van der Waals surface area (Å²) < 4.78 is 70.3. The van der Waals surface area contributed by atoms with Gasteiger partial charge in [0.15, 0.2) is 0 Å². The van der Waals surface area contributed by atoms with Crippen LogP contribution >= 0.6 is 11.6 Å². The Hall–Kier alpha value is -2.18. The van der Waals surface area contributed by atoms with Crippen molar-refractivity contribution in [3.8, 4) is 0 Å². The Morgan fingerprint density at radius 3 is 2.57 bits per heavy atom. The van der Waals surface area contributed by atoms with Crippen molar-refractivity contribution < 1.29 is 26.4 Å². The van der Waals surface area contributed by atoms with E-state index in [-0.39, 0.29) is 67.1 Å². The summed E-state index contributed by atoms with van der Waals surface area (Å²) in [5, 5.41) is 6.72. The molecule has 5 rings (SSSR count). The van der Waals surface area contributed by atoms with Crippen LogP contribution in [0.1, 0.15) is 62.0 Å². The highest BCUT2D eigenvalue weighted by Gasteiger charge is 2.42. The predicted octanol–water partition coefficient (Wildman–Crippen LogP) is 5.05. The molecule has 5 atom stereocenters. The van der Waals surface area contributed by atoms with Crippen LogP contribution in [0.4, 0.5) is 18.9 Å². The van der Waals surface area contributed by atoms with Crippen molar-refractivity contribution >= 4 is 33.2 Å². The molecule has 3 fully saturated rings. The lowest BCUT2D eigenvalue weighted by Crippen LogP contribution is -2.57. The molecule has 2 aromatic rings. The maximum Gasteiger partial charge on any atom is 0.248 e. The zero-order valence-electron chi connectivity index (χ0n) is 23.4. The number of hydrogen-bond acceptors (Lipinski definition) is 5.